The van der Waals surface area contributed by atoms with E-state index < -0.39 is 0 Å². The summed E-state index contributed by atoms with van der Waals surface area (Å²) in [5, 5.41) is 3.04. The van der Waals surface area contributed by atoms with Gasteiger partial charge in [0.15, 0.2) is 0 Å². The second kappa shape index (κ2) is 6.52. The van der Waals surface area contributed by atoms with Crippen molar-refractivity contribution in [3.05, 3.63) is 35.9 Å². The first kappa shape index (κ1) is 13.1. The highest BCUT2D eigenvalue weighted by molar-refractivity contribution is 5.76. The molecule has 0 aromatic heterocycles. The topological polar surface area (TPSA) is 64.4 Å². The average Bonchev–Trinajstić information content (AvgIpc) is 2.85. The quantitative estimate of drug-likeness (QED) is 0.827. The number of nitrogens with two attached hydrogens (primary N) is 1. The molecule has 1 saturated heterocycles. The summed E-state index contributed by atoms with van der Waals surface area (Å²) in [6.07, 6.45) is 2.07. The maximum Gasteiger partial charge on any atom is 0.220 e. The standard InChI is InChI=1S/C14H20N2O2/c15-9-4-7-13(17)16-12-8-10-18-14(12)11-5-2-1-3-6-11/h1-3,5-6,12,14H,4,7-10,15H2,(H,16,17). The van der Waals surface area contributed by atoms with Crippen LogP contribution in [0.25, 0.3) is 0 Å². The van der Waals surface area contributed by atoms with Crippen molar-refractivity contribution in [2.24, 2.45) is 5.73 Å². The van der Waals surface area contributed by atoms with Gasteiger partial charge in [-0.15, -0.1) is 0 Å². The Labute approximate surface area is 108 Å². The molecule has 0 spiro atoms. The van der Waals surface area contributed by atoms with E-state index in [0.29, 0.717) is 19.6 Å². The normalized spacial score (nSPS) is 22.9. The predicted octanol–water partition coefficient (Wildman–Crippen LogP) is 1.37. The Morgan fingerprint density at radius 1 is 1.39 bits per heavy atom. The molecule has 1 aliphatic rings. The van der Waals surface area contributed by atoms with E-state index in [9.17, 15) is 4.79 Å². The van der Waals surface area contributed by atoms with E-state index in [-0.39, 0.29) is 18.1 Å². The molecule has 0 radical (unpaired) electrons. The number of hydrogen-bond donors (Lipinski definition) is 2. The molecule has 0 aliphatic carbocycles. The molecule has 1 aromatic rings. The molecule has 18 heavy (non-hydrogen) atoms. The smallest absolute Gasteiger partial charge is 0.220 e. The number of carbonyl (C=O) groups is 1. The van der Waals surface area contributed by atoms with Crippen LogP contribution in [-0.2, 0) is 9.53 Å². The summed E-state index contributed by atoms with van der Waals surface area (Å²) in [4.78, 5) is 11.7. The molecule has 2 unspecified atom stereocenters. The van der Waals surface area contributed by atoms with Crippen molar-refractivity contribution in [2.45, 2.75) is 31.4 Å². The molecule has 1 aromatic carbocycles. The van der Waals surface area contributed by atoms with Crippen molar-refractivity contribution < 1.29 is 9.53 Å². The van der Waals surface area contributed by atoms with Gasteiger partial charge in [-0.3, -0.25) is 4.79 Å². The molecular formula is C14H20N2O2. The van der Waals surface area contributed by atoms with Gasteiger partial charge in [0, 0.05) is 13.0 Å². The van der Waals surface area contributed by atoms with Crippen molar-refractivity contribution >= 4 is 5.91 Å². The van der Waals surface area contributed by atoms with Crippen LogP contribution in [0.5, 0.6) is 0 Å². The summed E-state index contributed by atoms with van der Waals surface area (Å²) in [7, 11) is 0. The van der Waals surface area contributed by atoms with Crippen LogP contribution in [0.4, 0.5) is 0 Å². The molecule has 0 bridgehead atoms. The van der Waals surface area contributed by atoms with Gasteiger partial charge in [0.1, 0.15) is 6.10 Å². The van der Waals surface area contributed by atoms with Gasteiger partial charge >= 0.3 is 0 Å². The third-order valence-corrected chi connectivity index (χ3v) is 3.17. The first-order valence-electron chi connectivity index (χ1n) is 6.47. The van der Waals surface area contributed by atoms with Gasteiger partial charge in [0.2, 0.25) is 5.91 Å². The molecule has 2 rings (SSSR count). The van der Waals surface area contributed by atoms with Crippen LogP contribution in [-0.4, -0.2) is 25.1 Å². The monoisotopic (exact) mass is 248 g/mol. The van der Waals surface area contributed by atoms with Gasteiger partial charge in [-0.2, -0.15) is 0 Å². The third-order valence-electron chi connectivity index (χ3n) is 3.17. The van der Waals surface area contributed by atoms with Crippen LogP contribution in [0, 0.1) is 0 Å². The number of rotatable bonds is 5. The van der Waals surface area contributed by atoms with Crippen LogP contribution in [0.1, 0.15) is 30.9 Å². The number of ether oxygens (including phenoxy) is 1. The third kappa shape index (κ3) is 3.31. The van der Waals surface area contributed by atoms with Crippen molar-refractivity contribution in [2.75, 3.05) is 13.2 Å². The summed E-state index contributed by atoms with van der Waals surface area (Å²) in [6.45, 7) is 1.25. The number of amides is 1. The summed E-state index contributed by atoms with van der Waals surface area (Å²) < 4.78 is 5.72. The van der Waals surface area contributed by atoms with E-state index in [1.165, 1.54) is 0 Å². The van der Waals surface area contributed by atoms with Crippen LogP contribution in [0.2, 0.25) is 0 Å². The van der Waals surface area contributed by atoms with Crippen LogP contribution >= 0.6 is 0 Å². The number of benzene rings is 1. The SMILES string of the molecule is NCCCC(=O)NC1CCOC1c1ccccc1. The fourth-order valence-corrected chi connectivity index (χ4v) is 2.25. The molecule has 3 N–H and O–H groups in total. The first-order chi connectivity index (χ1) is 8.81. The number of nitrogens with one attached hydrogen (secondary N) is 1. The Morgan fingerprint density at radius 2 is 2.17 bits per heavy atom. The molecule has 98 valence electrons. The summed E-state index contributed by atoms with van der Waals surface area (Å²) in [5.41, 5.74) is 6.52. The molecule has 1 fully saturated rings. The number of hydrogen-bond acceptors (Lipinski definition) is 3. The fraction of sp³-hybridized carbons (Fsp3) is 0.500. The van der Waals surface area contributed by atoms with E-state index in [1.54, 1.807) is 0 Å². The van der Waals surface area contributed by atoms with Crippen molar-refractivity contribution in [1.82, 2.24) is 5.32 Å². The molecule has 1 aliphatic heterocycles. The minimum atomic E-state index is -0.0203. The molecule has 0 saturated carbocycles. The van der Waals surface area contributed by atoms with E-state index in [0.717, 1.165) is 18.4 Å². The van der Waals surface area contributed by atoms with Crippen molar-refractivity contribution in [1.29, 1.82) is 0 Å². The van der Waals surface area contributed by atoms with Crippen LogP contribution in [0.15, 0.2) is 30.3 Å². The fourth-order valence-electron chi connectivity index (χ4n) is 2.25. The lowest BCUT2D eigenvalue weighted by atomic mass is 10.0. The van der Waals surface area contributed by atoms with Crippen LogP contribution < -0.4 is 11.1 Å². The Morgan fingerprint density at radius 3 is 2.89 bits per heavy atom. The molecular weight excluding hydrogens is 228 g/mol. The van der Waals surface area contributed by atoms with Gasteiger partial charge in [-0.25, -0.2) is 0 Å². The summed E-state index contributed by atoms with van der Waals surface area (Å²) in [5.74, 6) is 0.0666. The average molecular weight is 248 g/mol. The Bertz CT molecular complexity index is 381. The predicted molar refractivity (Wildman–Crippen MR) is 70.0 cm³/mol. The molecule has 1 heterocycles. The highest BCUT2D eigenvalue weighted by atomic mass is 16.5. The Balaban J connectivity index is 1.94. The first-order valence-corrected chi connectivity index (χ1v) is 6.47. The van der Waals surface area contributed by atoms with E-state index in [1.807, 2.05) is 30.3 Å². The lowest BCUT2D eigenvalue weighted by Crippen LogP contribution is -2.36. The van der Waals surface area contributed by atoms with Crippen LogP contribution in [0.3, 0.4) is 0 Å². The second-order valence-electron chi connectivity index (χ2n) is 4.56. The maximum absolute atomic E-state index is 11.7. The summed E-state index contributed by atoms with van der Waals surface area (Å²) in [6, 6.07) is 10.1. The van der Waals surface area contributed by atoms with E-state index >= 15 is 0 Å². The van der Waals surface area contributed by atoms with E-state index in [4.69, 9.17) is 10.5 Å². The Kier molecular flexibility index (Phi) is 4.73. The molecule has 4 heteroatoms. The molecule has 4 nitrogen and oxygen atoms in total. The van der Waals surface area contributed by atoms with Gasteiger partial charge < -0.3 is 15.8 Å². The van der Waals surface area contributed by atoms with Crippen molar-refractivity contribution in [3.8, 4) is 0 Å². The van der Waals surface area contributed by atoms with Gasteiger partial charge in [-0.1, -0.05) is 30.3 Å². The minimum Gasteiger partial charge on any atom is -0.371 e. The highest BCUT2D eigenvalue weighted by Crippen LogP contribution is 2.28. The maximum atomic E-state index is 11.7. The lowest BCUT2D eigenvalue weighted by molar-refractivity contribution is -0.122. The summed E-state index contributed by atoms with van der Waals surface area (Å²) >= 11 is 0. The largest absolute Gasteiger partial charge is 0.371 e. The van der Waals surface area contributed by atoms with E-state index in [2.05, 4.69) is 5.32 Å². The zero-order chi connectivity index (χ0) is 12.8. The highest BCUT2D eigenvalue weighted by Gasteiger charge is 2.30. The zero-order valence-electron chi connectivity index (χ0n) is 10.5. The van der Waals surface area contributed by atoms with Gasteiger partial charge in [0.25, 0.3) is 0 Å². The Hall–Kier alpha value is -1.39. The lowest BCUT2D eigenvalue weighted by Gasteiger charge is -2.20. The van der Waals surface area contributed by atoms with Crippen molar-refractivity contribution in [3.63, 3.8) is 0 Å². The number of carbonyl (C=O) groups excluding carboxylic acids is 1. The minimum absolute atomic E-state index is 0.0203. The zero-order valence-corrected chi connectivity index (χ0v) is 10.5. The molecule has 2 atom stereocenters. The second-order valence-corrected chi connectivity index (χ2v) is 4.56. The molecule has 1 amide bonds. The van der Waals surface area contributed by atoms with Gasteiger partial charge in [0.05, 0.1) is 6.04 Å². The van der Waals surface area contributed by atoms with Gasteiger partial charge in [-0.05, 0) is 24.9 Å².